The van der Waals surface area contributed by atoms with Crippen LogP contribution in [0.4, 0.5) is 0 Å². The highest BCUT2D eigenvalue weighted by Crippen LogP contribution is 2.47. The normalized spacial score (nSPS) is 11.7. The number of nitrogens with zero attached hydrogens (tertiary/aromatic N) is 10. The van der Waals surface area contributed by atoms with Crippen LogP contribution in [0.15, 0.2) is 405 Å². The Morgan fingerprint density at radius 1 is 0.217 bits per heavy atom. The van der Waals surface area contributed by atoms with Gasteiger partial charge in [0.1, 0.15) is 11.2 Å². The molecule has 0 aliphatic rings. The molecule has 0 aliphatic heterocycles. The zero-order valence-electron chi connectivity index (χ0n) is 64.3. The molecular weight excluding hydrogens is 1510 g/mol. The summed E-state index contributed by atoms with van der Waals surface area (Å²) in [5.41, 5.74) is 20.4. The molecule has 9 heterocycles. The summed E-state index contributed by atoms with van der Waals surface area (Å²) in [6.07, 6.45) is 0. The van der Waals surface area contributed by atoms with E-state index in [4.69, 9.17) is 39.3 Å². The minimum absolute atomic E-state index is 0.631. The van der Waals surface area contributed by atoms with Gasteiger partial charge >= 0.3 is 0 Å². The van der Waals surface area contributed by atoms with E-state index < -0.39 is 0 Å². The Labute approximate surface area is 695 Å². The molecule has 0 spiro atoms. The van der Waals surface area contributed by atoms with Crippen LogP contribution in [0.5, 0.6) is 0 Å². The molecule has 9 aromatic heterocycles. The first-order valence-corrected chi connectivity index (χ1v) is 41.6. The summed E-state index contributed by atoms with van der Waals surface area (Å²) < 4.78 is 18.2. The monoisotopic (exact) mass is 1570 g/mol. The topological polar surface area (TPSA) is 118 Å². The molecular formula is C107H66N10OS2. The van der Waals surface area contributed by atoms with Gasteiger partial charge in [-0.15, -0.1) is 22.7 Å². The van der Waals surface area contributed by atoms with Gasteiger partial charge in [-0.3, -0.25) is 9.13 Å². The van der Waals surface area contributed by atoms with Crippen LogP contribution in [0.2, 0.25) is 0 Å². The number of rotatable bonds is 10. The molecule has 0 fully saturated rings. The van der Waals surface area contributed by atoms with Crippen molar-refractivity contribution >= 4 is 150 Å². The molecule has 25 aromatic rings. The average molecular weight is 1570 g/mol. The highest BCUT2D eigenvalue weighted by molar-refractivity contribution is 7.27. The van der Waals surface area contributed by atoms with Crippen LogP contribution in [0.3, 0.4) is 0 Å². The van der Waals surface area contributed by atoms with E-state index in [2.05, 4.69) is 293 Å². The summed E-state index contributed by atoms with van der Waals surface area (Å²) in [5.74, 6) is 3.32. The highest BCUT2D eigenvalue weighted by atomic mass is 32.1. The van der Waals surface area contributed by atoms with Crippen molar-refractivity contribution in [3.8, 4) is 96.8 Å². The Balaban J connectivity index is 0.000000105. The van der Waals surface area contributed by atoms with Crippen LogP contribution in [0, 0.1) is 0 Å². The predicted molar refractivity (Wildman–Crippen MR) is 498 cm³/mol. The van der Waals surface area contributed by atoms with Crippen molar-refractivity contribution in [1.82, 2.24) is 48.6 Å². The first kappa shape index (κ1) is 69.8. The van der Waals surface area contributed by atoms with Crippen molar-refractivity contribution in [2.45, 2.75) is 0 Å². The standard InChI is InChI=1S/C39H24N4S.C34H21N3O.C34H21N3S/c1-4-13-25(14-5-1)37-40-38(26-15-6-2-7-16-26)42-39(41-37)30-21-12-20-29-32-23-31-28-19-10-11-22-33(28)43(27-17-8-3-9-18-27)34(31)24-35(32)44-36(29)30;2*1-3-11-22(12-4-1)27-21-28(23-13-5-2-6-14-23)36-34(35-27)37-29-17-9-7-16-26(29)32-30(37)20-19-25-24-15-8-10-18-31(24)38-33(25)32/h1-24H;2*1-21H. The van der Waals surface area contributed by atoms with E-state index in [1.54, 1.807) is 11.3 Å². The molecule has 0 amide bonds. The zero-order valence-corrected chi connectivity index (χ0v) is 65.9. The van der Waals surface area contributed by atoms with Crippen molar-refractivity contribution in [3.63, 3.8) is 0 Å². The van der Waals surface area contributed by atoms with Crippen LogP contribution >= 0.6 is 22.7 Å². The number of hydrogen-bond donors (Lipinski definition) is 0. The van der Waals surface area contributed by atoms with E-state index in [1.165, 1.54) is 72.9 Å². The summed E-state index contributed by atoms with van der Waals surface area (Å²) in [7, 11) is 0. The maximum atomic E-state index is 6.45. The molecule has 11 nitrogen and oxygen atoms in total. The molecule has 120 heavy (non-hydrogen) atoms. The Hall–Kier alpha value is -15.7. The van der Waals surface area contributed by atoms with Gasteiger partial charge in [0.25, 0.3) is 0 Å². The van der Waals surface area contributed by atoms with Crippen LogP contribution < -0.4 is 0 Å². The number of benzene rings is 16. The molecule has 0 unspecified atom stereocenters. The van der Waals surface area contributed by atoms with Crippen molar-refractivity contribution in [2.75, 3.05) is 0 Å². The molecule has 0 saturated heterocycles. The lowest BCUT2D eigenvalue weighted by Gasteiger charge is -2.11. The van der Waals surface area contributed by atoms with E-state index in [1.807, 2.05) is 133 Å². The molecule has 0 saturated carbocycles. The first-order chi connectivity index (χ1) is 59.5. The van der Waals surface area contributed by atoms with Gasteiger partial charge in [-0.05, 0) is 91.0 Å². The third kappa shape index (κ3) is 12.0. The third-order valence-corrected chi connectivity index (χ3v) is 25.1. The Morgan fingerprint density at radius 2 is 0.617 bits per heavy atom. The summed E-state index contributed by atoms with van der Waals surface area (Å²) in [4.78, 5) is 35.5. The molecule has 0 bridgehead atoms. The van der Waals surface area contributed by atoms with E-state index in [0.717, 1.165) is 122 Å². The second kappa shape index (κ2) is 29.3. The van der Waals surface area contributed by atoms with Gasteiger partial charge in [-0.25, -0.2) is 34.9 Å². The Bertz CT molecular complexity index is 7790. The molecule has 0 aliphatic carbocycles. The molecule has 0 N–H and O–H groups in total. The van der Waals surface area contributed by atoms with Crippen LogP contribution in [0.1, 0.15) is 0 Å². The number of thiophene rings is 2. The second-order valence-electron chi connectivity index (χ2n) is 29.8. The minimum atomic E-state index is 0.631. The van der Waals surface area contributed by atoms with E-state index >= 15 is 0 Å². The van der Waals surface area contributed by atoms with Crippen molar-refractivity contribution in [3.05, 3.63) is 400 Å². The lowest BCUT2D eigenvalue weighted by molar-refractivity contribution is 0.673. The van der Waals surface area contributed by atoms with Gasteiger partial charge in [0.15, 0.2) is 17.5 Å². The van der Waals surface area contributed by atoms with Gasteiger partial charge < -0.3 is 8.98 Å². The van der Waals surface area contributed by atoms with E-state index in [0.29, 0.717) is 29.4 Å². The van der Waals surface area contributed by atoms with E-state index in [-0.39, 0.29) is 0 Å². The molecule has 0 atom stereocenters. The number of furan rings is 1. The number of aromatic nitrogens is 10. The van der Waals surface area contributed by atoms with E-state index in [9.17, 15) is 0 Å². The summed E-state index contributed by atoms with van der Waals surface area (Å²) in [6, 6.07) is 139. The summed E-state index contributed by atoms with van der Waals surface area (Å²) >= 11 is 3.66. The fourth-order valence-electron chi connectivity index (χ4n) is 17.2. The number of para-hydroxylation sites is 5. The maximum absolute atomic E-state index is 6.45. The molecule has 562 valence electrons. The SMILES string of the molecule is c1ccc(-c2cc(-c3ccccc3)nc(-n3c4ccccc4c4c5oc6ccccc6c5ccc43)n2)cc1.c1ccc(-c2cc(-c3ccccc3)nc(-n3c4ccccc4c4c5sc6ccccc6c5ccc43)n2)cc1.c1ccc(-c2nc(-c3ccccc3)nc(-c3cccc4c3sc3cc5c(cc34)c3ccccc3n5-c3ccccc3)n2)cc1. The second-order valence-corrected chi connectivity index (χ2v) is 31.9. The smallest absolute Gasteiger partial charge is 0.235 e. The predicted octanol–water partition coefficient (Wildman–Crippen LogP) is 28.4. The van der Waals surface area contributed by atoms with Crippen LogP contribution in [-0.2, 0) is 0 Å². The van der Waals surface area contributed by atoms with Gasteiger partial charge in [0.05, 0.1) is 61.3 Å². The van der Waals surface area contributed by atoms with Crippen LogP contribution in [-0.4, -0.2) is 48.6 Å². The van der Waals surface area contributed by atoms with Gasteiger partial charge in [-0.2, -0.15) is 0 Å². The van der Waals surface area contributed by atoms with Gasteiger partial charge in [0.2, 0.25) is 11.9 Å². The Kier molecular flexibility index (Phi) is 17.0. The molecule has 0 radical (unpaired) electrons. The molecule has 25 rings (SSSR count). The quantitative estimate of drug-likeness (QED) is 0.133. The summed E-state index contributed by atoms with van der Waals surface area (Å²) in [5, 5.41) is 14.5. The number of hydrogen-bond acceptors (Lipinski definition) is 10. The fraction of sp³-hybridized carbons (Fsp3) is 0. The van der Waals surface area contributed by atoms with Crippen LogP contribution in [0.25, 0.3) is 224 Å². The molecule has 13 heteroatoms. The Morgan fingerprint density at radius 3 is 1.16 bits per heavy atom. The molecule has 16 aromatic carbocycles. The minimum Gasteiger partial charge on any atom is -0.455 e. The van der Waals surface area contributed by atoms with Gasteiger partial charge in [0, 0.05) is 123 Å². The lowest BCUT2D eigenvalue weighted by Crippen LogP contribution is -2.03. The maximum Gasteiger partial charge on any atom is 0.235 e. The largest absolute Gasteiger partial charge is 0.455 e. The third-order valence-electron chi connectivity index (χ3n) is 22.7. The fourth-order valence-corrected chi connectivity index (χ4v) is 19.7. The first-order valence-electron chi connectivity index (χ1n) is 40.0. The zero-order chi connectivity index (χ0) is 79.1. The van der Waals surface area contributed by atoms with Crippen molar-refractivity contribution in [2.24, 2.45) is 0 Å². The average Bonchev–Trinajstić information content (AvgIpc) is 1.57. The summed E-state index contributed by atoms with van der Waals surface area (Å²) in [6.45, 7) is 0. The highest BCUT2D eigenvalue weighted by Gasteiger charge is 2.25. The lowest BCUT2D eigenvalue weighted by atomic mass is 10.1. The van der Waals surface area contributed by atoms with Crippen molar-refractivity contribution in [1.29, 1.82) is 0 Å². The van der Waals surface area contributed by atoms with Crippen molar-refractivity contribution < 1.29 is 4.42 Å². The number of fused-ring (bicyclic) bond motifs is 20. The van der Waals surface area contributed by atoms with Gasteiger partial charge in [-0.1, -0.05) is 309 Å².